The van der Waals surface area contributed by atoms with Crippen molar-refractivity contribution in [2.24, 2.45) is 10.1 Å². The molecule has 1 unspecified atom stereocenters. The maximum absolute atomic E-state index is 6.43. The maximum Gasteiger partial charge on any atom is 0.226 e. The minimum atomic E-state index is -0.0694. The highest BCUT2D eigenvalue weighted by atomic mass is 35.5. The molecule has 112 valence electrons. The monoisotopic (exact) mass is 324 g/mol. The molecule has 6 nitrogen and oxygen atoms in total. The lowest BCUT2D eigenvalue weighted by Crippen LogP contribution is -2.52. The van der Waals surface area contributed by atoms with Gasteiger partial charge in [-0.1, -0.05) is 0 Å². The highest BCUT2D eigenvalue weighted by molar-refractivity contribution is 7.14. The first-order valence-corrected chi connectivity index (χ1v) is 8.26. The molecule has 3 aliphatic rings. The Hall–Kier alpha value is -1.31. The lowest BCUT2D eigenvalue weighted by atomic mass is 10.2. The van der Waals surface area contributed by atoms with Gasteiger partial charge in [-0.15, -0.1) is 11.3 Å². The summed E-state index contributed by atoms with van der Waals surface area (Å²) in [6.45, 7) is 5.95. The summed E-state index contributed by atoms with van der Waals surface area (Å²) < 4.78 is 1.70. The number of rotatable bonds is 0. The lowest BCUT2D eigenvalue weighted by molar-refractivity contribution is 0.176. The second-order valence-corrected chi connectivity index (χ2v) is 6.82. The van der Waals surface area contributed by atoms with Gasteiger partial charge in [0.25, 0.3) is 0 Å². The molecule has 0 N–H and O–H groups in total. The zero-order chi connectivity index (χ0) is 14.6. The standard InChI is InChI=1S/C13H17ClN6S/c1-9-16-20-12(19(9)14)10-3-8-21-11(10)15-13(20)18-6-4-17(2)5-7-18/h3,8,12H,4-7H2,1-2H3. The Morgan fingerprint density at radius 1 is 1.29 bits per heavy atom. The van der Waals surface area contributed by atoms with Crippen LogP contribution in [0.15, 0.2) is 21.5 Å². The van der Waals surface area contributed by atoms with Gasteiger partial charge in [0, 0.05) is 43.5 Å². The van der Waals surface area contributed by atoms with Crippen molar-refractivity contribution in [2.45, 2.75) is 13.1 Å². The molecule has 1 atom stereocenters. The number of piperazine rings is 1. The van der Waals surface area contributed by atoms with Gasteiger partial charge >= 0.3 is 0 Å². The van der Waals surface area contributed by atoms with E-state index < -0.39 is 0 Å². The predicted octanol–water partition coefficient (Wildman–Crippen LogP) is 2.10. The van der Waals surface area contributed by atoms with Gasteiger partial charge in [0.05, 0.1) is 0 Å². The molecule has 0 saturated carbocycles. The van der Waals surface area contributed by atoms with E-state index >= 15 is 0 Å². The average Bonchev–Trinajstić information content (AvgIpc) is 3.04. The number of hydrogen-bond donors (Lipinski definition) is 0. The topological polar surface area (TPSA) is 37.7 Å². The molecule has 0 aliphatic carbocycles. The third kappa shape index (κ3) is 2.03. The van der Waals surface area contributed by atoms with Gasteiger partial charge < -0.3 is 9.80 Å². The van der Waals surface area contributed by atoms with Gasteiger partial charge in [0.2, 0.25) is 5.96 Å². The quantitative estimate of drug-likeness (QED) is 0.685. The molecule has 4 rings (SSSR count). The molecule has 1 fully saturated rings. The van der Waals surface area contributed by atoms with Gasteiger partial charge in [-0.3, -0.25) is 0 Å². The van der Waals surface area contributed by atoms with Crippen molar-refractivity contribution in [3.8, 4) is 0 Å². The Kier molecular flexibility index (Phi) is 3.09. The molecular weight excluding hydrogens is 308 g/mol. The van der Waals surface area contributed by atoms with Gasteiger partial charge in [0.1, 0.15) is 10.8 Å². The largest absolute Gasteiger partial charge is 0.338 e. The third-order valence-corrected chi connectivity index (χ3v) is 5.40. The first kappa shape index (κ1) is 13.4. The van der Waals surface area contributed by atoms with Crippen molar-refractivity contribution in [1.29, 1.82) is 0 Å². The average molecular weight is 325 g/mol. The van der Waals surface area contributed by atoms with Crippen LogP contribution in [0.5, 0.6) is 0 Å². The van der Waals surface area contributed by atoms with Crippen LogP contribution in [0, 0.1) is 0 Å². The number of halogens is 1. The summed E-state index contributed by atoms with van der Waals surface area (Å²) >= 11 is 8.09. The Morgan fingerprint density at radius 2 is 2.05 bits per heavy atom. The summed E-state index contributed by atoms with van der Waals surface area (Å²) in [5.41, 5.74) is 1.13. The molecule has 1 saturated heterocycles. The van der Waals surface area contributed by atoms with Gasteiger partial charge in [-0.2, -0.15) is 5.10 Å². The van der Waals surface area contributed by atoms with E-state index in [1.54, 1.807) is 15.8 Å². The number of nitrogens with zero attached hydrogens (tertiary/aromatic N) is 6. The molecule has 0 amide bonds. The molecule has 3 aliphatic heterocycles. The molecule has 0 bridgehead atoms. The summed E-state index contributed by atoms with van der Waals surface area (Å²) in [5, 5.41) is 9.68. The van der Waals surface area contributed by atoms with E-state index in [-0.39, 0.29) is 6.17 Å². The van der Waals surface area contributed by atoms with E-state index in [1.807, 2.05) is 11.9 Å². The zero-order valence-corrected chi connectivity index (χ0v) is 13.6. The van der Waals surface area contributed by atoms with E-state index in [9.17, 15) is 0 Å². The predicted molar refractivity (Wildman–Crippen MR) is 85.9 cm³/mol. The zero-order valence-electron chi connectivity index (χ0n) is 12.0. The van der Waals surface area contributed by atoms with E-state index in [0.29, 0.717) is 0 Å². The highest BCUT2D eigenvalue weighted by Crippen LogP contribution is 2.44. The maximum atomic E-state index is 6.43. The first-order valence-electron chi connectivity index (χ1n) is 7.04. The van der Waals surface area contributed by atoms with E-state index in [4.69, 9.17) is 16.8 Å². The minimum Gasteiger partial charge on any atom is -0.338 e. The second-order valence-electron chi connectivity index (χ2n) is 5.56. The van der Waals surface area contributed by atoms with Crippen LogP contribution >= 0.6 is 23.1 Å². The first-order chi connectivity index (χ1) is 10.1. The Labute approximate surface area is 133 Å². The SMILES string of the molecule is CC1=NN2C(N3CCN(C)CC3)=Nc3sccc3C2N1Cl. The normalized spacial score (nSPS) is 25.7. The van der Waals surface area contributed by atoms with Gasteiger partial charge in [-0.25, -0.2) is 14.4 Å². The molecule has 0 spiro atoms. The fourth-order valence-electron chi connectivity index (χ4n) is 2.90. The molecule has 1 aromatic rings. The lowest BCUT2D eigenvalue weighted by Gasteiger charge is -2.39. The molecule has 0 radical (unpaired) electrons. The number of fused-ring (bicyclic) bond motifs is 3. The third-order valence-electron chi connectivity index (χ3n) is 4.15. The summed E-state index contributed by atoms with van der Waals surface area (Å²) in [6, 6.07) is 2.09. The number of hydrogen-bond acceptors (Lipinski definition) is 7. The van der Waals surface area contributed by atoms with E-state index in [0.717, 1.165) is 48.5 Å². The highest BCUT2D eigenvalue weighted by Gasteiger charge is 2.42. The Balaban J connectivity index is 1.73. The number of guanidine groups is 1. The summed E-state index contributed by atoms with van der Waals surface area (Å²) in [6.07, 6.45) is -0.0694. The number of thiophene rings is 1. The second kappa shape index (κ2) is 4.86. The number of amidine groups is 1. The van der Waals surface area contributed by atoms with Gasteiger partial charge in [0.15, 0.2) is 6.17 Å². The van der Waals surface area contributed by atoms with Crippen LogP contribution in [0.1, 0.15) is 18.7 Å². The van der Waals surface area contributed by atoms with Crippen molar-refractivity contribution >= 4 is 39.9 Å². The van der Waals surface area contributed by atoms with Crippen molar-refractivity contribution in [3.63, 3.8) is 0 Å². The van der Waals surface area contributed by atoms with E-state index in [1.165, 1.54) is 0 Å². The summed E-state index contributed by atoms with van der Waals surface area (Å²) in [7, 11) is 2.15. The van der Waals surface area contributed by atoms with Crippen LogP contribution in [0.2, 0.25) is 0 Å². The smallest absolute Gasteiger partial charge is 0.226 e. The number of likely N-dealkylation sites (N-methyl/N-ethyl adjacent to an activating group) is 1. The van der Waals surface area contributed by atoms with Crippen LogP contribution < -0.4 is 0 Å². The van der Waals surface area contributed by atoms with Crippen LogP contribution in [0.4, 0.5) is 5.00 Å². The van der Waals surface area contributed by atoms with Crippen molar-refractivity contribution in [1.82, 2.24) is 19.2 Å². The molecule has 8 heteroatoms. The van der Waals surface area contributed by atoms with Crippen molar-refractivity contribution < 1.29 is 0 Å². The molecule has 21 heavy (non-hydrogen) atoms. The van der Waals surface area contributed by atoms with Crippen LogP contribution in [0.3, 0.4) is 0 Å². The number of hydrazone groups is 1. The minimum absolute atomic E-state index is 0.0694. The number of aliphatic imine (C=N–C) groups is 1. The van der Waals surface area contributed by atoms with E-state index in [2.05, 4.69) is 33.4 Å². The molecule has 4 heterocycles. The molecular formula is C13H17ClN6S. The molecule has 1 aromatic heterocycles. The summed E-state index contributed by atoms with van der Waals surface area (Å²) in [5.74, 6) is 1.73. The fourth-order valence-corrected chi connectivity index (χ4v) is 3.91. The van der Waals surface area contributed by atoms with Crippen molar-refractivity contribution in [2.75, 3.05) is 33.2 Å². The molecule has 0 aromatic carbocycles. The fraction of sp³-hybridized carbons (Fsp3) is 0.538. The van der Waals surface area contributed by atoms with Crippen molar-refractivity contribution in [3.05, 3.63) is 17.0 Å². The van der Waals surface area contributed by atoms with Crippen LogP contribution in [-0.2, 0) is 0 Å². The Morgan fingerprint density at radius 3 is 2.81 bits per heavy atom. The van der Waals surface area contributed by atoms with Crippen LogP contribution in [-0.4, -0.2) is 64.2 Å². The van der Waals surface area contributed by atoms with Crippen LogP contribution in [0.25, 0.3) is 0 Å². The summed E-state index contributed by atoms with van der Waals surface area (Å²) in [4.78, 5) is 9.48. The van der Waals surface area contributed by atoms with Gasteiger partial charge in [-0.05, 0) is 25.4 Å². The Bertz CT molecular complexity index is 618.